The van der Waals surface area contributed by atoms with Gasteiger partial charge < -0.3 is 15.4 Å². The maximum atomic E-state index is 11.4. The van der Waals surface area contributed by atoms with Gasteiger partial charge in [0.05, 0.1) is 13.0 Å². The molecule has 0 spiro atoms. The Morgan fingerprint density at radius 2 is 1.94 bits per heavy atom. The molecule has 1 saturated carbocycles. The summed E-state index contributed by atoms with van der Waals surface area (Å²) >= 11 is 5.46. The summed E-state index contributed by atoms with van der Waals surface area (Å²) in [4.78, 5) is 22.7. The molecule has 0 aliphatic heterocycles. The lowest BCUT2D eigenvalue weighted by Crippen LogP contribution is -2.44. The molecule has 0 saturated heterocycles. The van der Waals surface area contributed by atoms with Crippen molar-refractivity contribution in [3.05, 3.63) is 0 Å². The third-order valence-electron chi connectivity index (χ3n) is 2.98. The van der Waals surface area contributed by atoms with E-state index in [4.69, 9.17) is 16.3 Å². The zero-order valence-corrected chi connectivity index (χ0v) is 10.8. The first-order chi connectivity index (χ1) is 8.17. The Morgan fingerprint density at radius 3 is 2.47 bits per heavy atom. The summed E-state index contributed by atoms with van der Waals surface area (Å²) < 4.78 is 4.71. The summed E-state index contributed by atoms with van der Waals surface area (Å²) in [7, 11) is 1.41. The molecule has 2 amide bonds. The molecule has 0 aromatic carbocycles. The quantitative estimate of drug-likeness (QED) is 0.592. The summed E-state index contributed by atoms with van der Waals surface area (Å²) in [5.41, 5.74) is 0. The average molecular weight is 263 g/mol. The van der Waals surface area contributed by atoms with Crippen molar-refractivity contribution < 1.29 is 14.3 Å². The van der Waals surface area contributed by atoms with Crippen LogP contribution in [0.4, 0.5) is 4.79 Å². The predicted molar refractivity (Wildman–Crippen MR) is 65.0 cm³/mol. The summed E-state index contributed by atoms with van der Waals surface area (Å²) in [5, 5.41) is 5.52. The van der Waals surface area contributed by atoms with Crippen molar-refractivity contribution in [1.29, 1.82) is 0 Å². The molecule has 0 aromatic heterocycles. The second-order valence-electron chi connectivity index (χ2n) is 4.16. The molecule has 2 N–H and O–H groups in total. The molecular formula is C11H19ClN2O3. The van der Waals surface area contributed by atoms with E-state index < -0.39 is 0 Å². The second kappa shape index (κ2) is 7.37. The van der Waals surface area contributed by atoms with Crippen molar-refractivity contribution in [3.63, 3.8) is 0 Å². The molecule has 0 atom stereocenters. The van der Waals surface area contributed by atoms with Crippen LogP contribution in [0.2, 0.25) is 0 Å². The number of methoxy groups -OCH3 is 1. The first-order valence-electron chi connectivity index (χ1n) is 5.85. The highest BCUT2D eigenvalue weighted by Crippen LogP contribution is 2.25. The maximum Gasteiger partial charge on any atom is 0.315 e. The highest BCUT2D eigenvalue weighted by atomic mass is 35.5. The lowest BCUT2D eigenvalue weighted by molar-refractivity contribution is -0.146. The topological polar surface area (TPSA) is 67.4 Å². The van der Waals surface area contributed by atoms with E-state index in [-0.39, 0.29) is 24.0 Å². The van der Waals surface area contributed by atoms with E-state index in [1.165, 1.54) is 7.11 Å². The number of halogens is 1. The van der Waals surface area contributed by atoms with E-state index in [0.29, 0.717) is 12.4 Å². The molecule has 0 bridgehead atoms. The van der Waals surface area contributed by atoms with Gasteiger partial charge in [0.1, 0.15) is 0 Å². The summed E-state index contributed by atoms with van der Waals surface area (Å²) in [6.07, 6.45) is 3.17. The zero-order valence-electron chi connectivity index (χ0n) is 10.0. The number of hydrogen-bond donors (Lipinski definition) is 2. The van der Waals surface area contributed by atoms with Crippen molar-refractivity contribution in [3.8, 4) is 0 Å². The Hall–Kier alpha value is -0.970. The van der Waals surface area contributed by atoms with Gasteiger partial charge in [-0.25, -0.2) is 4.79 Å². The van der Waals surface area contributed by atoms with Crippen LogP contribution in [0, 0.1) is 5.92 Å². The molecule has 1 aliphatic carbocycles. The van der Waals surface area contributed by atoms with Crippen LogP contribution in [-0.2, 0) is 9.53 Å². The largest absolute Gasteiger partial charge is 0.469 e. The summed E-state index contributed by atoms with van der Waals surface area (Å²) in [6, 6.07) is -0.0431. The molecule has 1 fully saturated rings. The van der Waals surface area contributed by atoms with Crippen LogP contribution in [0.3, 0.4) is 0 Å². The molecule has 0 radical (unpaired) electrons. The van der Waals surface area contributed by atoms with Crippen LogP contribution in [0.1, 0.15) is 25.7 Å². The van der Waals surface area contributed by atoms with Crippen LogP contribution in [0.25, 0.3) is 0 Å². The van der Waals surface area contributed by atoms with E-state index in [9.17, 15) is 9.59 Å². The Bertz CT molecular complexity index is 265. The lowest BCUT2D eigenvalue weighted by Gasteiger charge is -2.27. The number of esters is 1. The molecule has 17 heavy (non-hydrogen) atoms. The highest BCUT2D eigenvalue weighted by Gasteiger charge is 2.27. The standard InChI is InChI=1S/C11H19ClN2O3/c1-17-10(15)8-2-4-9(5-3-8)14-11(16)13-7-6-12/h8-9H,2-7H2,1H3,(H2,13,14,16). The van der Waals surface area contributed by atoms with Gasteiger partial charge in [-0.3, -0.25) is 4.79 Å². The lowest BCUT2D eigenvalue weighted by atomic mass is 9.86. The number of ether oxygens (including phenoxy) is 1. The fourth-order valence-corrected chi connectivity index (χ4v) is 2.13. The fourth-order valence-electron chi connectivity index (χ4n) is 2.04. The summed E-state index contributed by atoms with van der Waals surface area (Å²) in [5.74, 6) is 0.252. The van der Waals surface area contributed by atoms with Gasteiger partial charge in [-0.2, -0.15) is 0 Å². The van der Waals surface area contributed by atoms with Gasteiger partial charge in [0, 0.05) is 18.5 Å². The number of nitrogens with one attached hydrogen (secondary N) is 2. The second-order valence-corrected chi connectivity index (χ2v) is 4.54. The Morgan fingerprint density at radius 1 is 1.29 bits per heavy atom. The SMILES string of the molecule is COC(=O)C1CCC(NC(=O)NCCCl)CC1. The van der Waals surface area contributed by atoms with Gasteiger partial charge in [-0.15, -0.1) is 11.6 Å². The van der Waals surface area contributed by atoms with Crippen molar-refractivity contribution in [2.45, 2.75) is 31.7 Å². The molecule has 1 rings (SSSR count). The van der Waals surface area contributed by atoms with E-state index in [1.54, 1.807) is 0 Å². The number of alkyl halides is 1. The van der Waals surface area contributed by atoms with E-state index >= 15 is 0 Å². The van der Waals surface area contributed by atoms with Crippen LogP contribution >= 0.6 is 11.6 Å². The van der Waals surface area contributed by atoms with Gasteiger partial charge >= 0.3 is 12.0 Å². The van der Waals surface area contributed by atoms with Gasteiger partial charge in [-0.05, 0) is 25.7 Å². The van der Waals surface area contributed by atoms with Crippen molar-refractivity contribution in [2.24, 2.45) is 5.92 Å². The number of urea groups is 1. The average Bonchev–Trinajstić information content (AvgIpc) is 2.36. The molecular weight excluding hydrogens is 244 g/mol. The molecule has 1 aliphatic rings. The molecule has 5 nitrogen and oxygen atoms in total. The van der Waals surface area contributed by atoms with Crippen LogP contribution < -0.4 is 10.6 Å². The Kier molecular flexibility index (Phi) is 6.11. The van der Waals surface area contributed by atoms with Crippen molar-refractivity contribution in [1.82, 2.24) is 10.6 Å². The zero-order chi connectivity index (χ0) is 12.7. The van der Waals surface area contributed by atoms with E-state index in [1.807, 2.05) is 0 Å². The van der Waals surface area contributed by atoms with Gasteiger partial charge in [0.25, 0.3) is 0 Å². The molecule has 0 aromatic rings. The number of carbonyl (C=O) groups excluding carboxylic acids is 2. The Labute approximate surface area is 106 Å². The van der Waals surface area contributed by atoms with Gasteiger partial charge in [-0.1, -0.05) is 0 Å². The minimum Gasteiger partial charge on any atom is -0.469 e. The normalized spacial score (nSPS) is 23.9. The molecule has 98 valence electrons. The van der Waals surface area contributed by atoms with Crippen molar-refractivity contribution >= 4 is 23.6 Å². The third kappa shape index (κ3) is 4.81. The van der Waals surface area contributed by atoms with Crippen LogP contribution in [0.5, 0.6) is 0 Å². The first kappa shape index (κ1) is 14.1. The van der Waals surface area contributed by atoms with E-state index in [2.05, 4.69) is 10.6 Å². The number of hydrogen-bond acceptors (Lipinski definition) is 3. The third-order valence-corrected chi connectivity index (χ3v) is 3.17. The molecule has 0 heterocycles. The predicted octanol–water partition coefficient (Wildman–Crippen LogP) is 1.26. The van der Waals surface area contributed by atoms with Gasteiger partial charge in [0.15, 0.2) is 0 Å². The van der Waals surface area contributed by atoms with Crippen LogP contribution in [0.15, 0.2) is 0 Å². The van der Waals surface area contributed by atoms with Gasteiger partial charge in [0.2, 0.25) is 0 Å². The monoisotopic (exact) mass is 262 g/mol. The minimum absolute atomic E-state index is 0.0102. The number of amides is 2. The molecule has 6 heteroatoms. The number of rotatable bonds is 4. The molecule has 0 unspecified atom stereocenters. The first-order valence-corrected chi connectivity index (χ1v) is 6.39. The van der Waals surface area contributed by atoms with Crippen LogP contribution in [-0.4, -0.2) is 37.6 Å². The maximum absolute atomic E-state index is 11.4. The smallest absolute Gasteiger partial charge is 0.315 e. The number of carbonyl (C=O) groups is 2. The Balaban J connectivity index is 2.23. The minimum atomic E-state index is -0.188. The fraction of sp³-hybridized carbons (Fsp3) is 0.818. The summed E-state index contributed by atoms with van der Waals surface area (Å²) in [6.45, 7) is 0.463. The van der Waals surface area contributed by atoms with E-state index in [0.717, 1.165) is 25.7 Å². The highest BCUT2D eigenvalue weighted by molar-refractivity contribution is 6.18. The van der Waals surface area contributed by atoms with Crippen molar-refractivity contribution in [2.75, 3.05) is 19.5 Å².